The van der Waals surface area contributed by atoms with Crippen LogP contribution >= 0.6 is 0 Å². The van der Waals surface area contributed by atoms with Gasteiger partial charge in [-0.15, -0.1) is 0 Å². The molecular formula is C21H25FN4O4. The second kappa shape index (κ2) is 7.88. The monoisotopic (exact) mass is 416 g/mol. The van der Waals surface area contributed by atoms with Crippen LogP contribution < -0.4 is 16.4 Å². The number of fused-ring (bicyclic) bond motifs is 1. The van der Waals surface area contributed by atoms with Gasteiger partial charge in [0.15, 0.2) is 0 Å². The summed E-state index contributed by atoms with van der Waals surface area (Å²) in [6.45, 7) is 1.18. The van der Waals surface area contributed by atoms with E-state index in [0.717, 1.165) is 16.9 Å². The Morgan fingerprint density at radius 2 is 1.93 bits per heavy atom. The van der Waals surface area contributed by atoms with E-state index in [1.54, 1.807) is 18.2 Å². The van der Waals surface area contributed by atoms with Crippen LogP contribution in [0.1, 0.15) is 58.4 Å². The van der Waals surface area contributed by atoms with Crippen LogP contribution in [0.2, 0.25) is 0 Å². The van der Waals surface area contributed by atoms with Gasteiger partial charge in [-0.2, -0.15) is 0 Å². The number of imide groups is 2. The summed E-state index contributed by atoms with van der Waals surface area (Å²) >= 11 is 0. The van der Waals surface area contributed by atoms with Gasteiger partial charge in [-0.25, -0.2) is 4.39 Å². The number of carbonyl (C=O) groups is 4. The molecule has 4 amide bonds. The van der Waals surface area contributed by atoms with Crippen molar-refractivity contribution in [2.24, 2.45) is 11.7 Å². The van der Waals surface area contributed by atoms with E-state index in [9.17, 15) is 23.6 Å². The lowest BCUT2D eigenvalue weighted by Crippen LogP contribution is -2.54. The Morgan fingerprint density at radius 1 is 1.17 bits per heavy atom. The van der Waals surface area contributed by atoms with E-state index in [0.29, 0.717) is 25.9 Å². The van der Waals surface area contributed by atoms with Crippen LogP contribution in [0.3, 0.4) is 0 Å². The molecule has 1 saturated heterocycles. The van der Waals surface area contributed by atoms with Crippen molar-refractivity contribution in [3.8, 4) is 0 Å². The Labute approximate surface area is 173 Å². The maximum atomic E-state index is 14.2. The summed E-state index contributed by atoms with van der Waals surface area (Å²) in [5.41, 5.74) is 5.59. The number of rotatable bonds is 6. The van der Waals surface area contributed by atoms with Crippen LogP contribution in [0.5, 0.6) is 0 Å². The number of benzene rings is 1. The maximum Gasteiger partial charge on any atom is 0.262 e. The minimum absolute atomic E-state index is 0.0497. The highest BCUT2D eigenvalue weighted by Crippen LogP contribution is 2.36. The molecule has 1 saturated carbocycles. The Kier molecular flexibility index (Phi) is 5.42. The van der Waals surface area contributed by atoms with Gasteiger partial charge in [0.1, 0.15) is 11.7 Å². The van der Waals surface area contributed by atoms with E-state index in [4.69, 9.17) is 5.73 Å². The summed E-state index contributed by atoms with van der Waals surface area (Å²) in [5, 5.41) is 5.47. The predicted octanol–water partition coefficient (Wildman–Crippen LogP) is 0.644. The Morgan fingerprint density at radius 3 is 2.63 bits per heavy atom. The van der Waals surface area contributed by atoms with Crippen LogP contribution in [0.4, 0.5) is 4.39 Å². The van der Waals surface area contributed by atoms with Gasteiger partial charge < -0.3 is 11.1 Å². The van der Waals surface area contributed by atoms with Crippen LogP contribution in [0.25, 0.3) is 0 Å². The third kappa shape index (κ3) is 3.75. The third-order valence-electron chi connectivity index (χ3n) is 6.29. The number of nitrogens with one attached hydrogen (secondary N) is 2. The zero-order valence-corrected chi connectivity index (χ0v) is 16.6. The first-order chi connectivity index (χ1) is 14.3. The molecule has 2 fully saturated rings. The van der Waals surface area contributed by atoms with Crippen LogP contribution in [-0.4, -0.2) is 53.3 Å². The molecule has 9 heteroatoms. The van der Waals surface area contributed by atoms with Gasteiger partial charge in [-0.3, -0.25) is 29.4 Å². The lowest BCUT2D eigenvalue weighted by molar-refractivity contribution is -0.136. The second-order valence-corrected chi connectivity index (χ2v) is 8.42. The third-order valence-corrected chi connectivity index (χ3v) is 6.29. The Balaban J connectivity index is 1.40. The van der Waals surface area contributed by atoms with E-state index in [2.05, 4.69) is 10.6 Å². The lowest BCUT2D eigenvalue weighted by Gasteiger charge is -2.27. The number of hydrogen-bond acceptors (Lipinski definition) is 6. The van der Waals surface area contributed by atoms with Crippen molar-refractivity contribution in [3.05, 3.63) is 34.9 Å². The predicted molar refractivity (Wildman–Crippen MR) is 105 cm³/mol. The number of amides is 4. The van der Waals surface area contributed by atoms with Crippen molar-refractivity contribution in [1.29, 1.82) is 0 Å². The van der Waals surface area contributed by atoms with E-state index in [-0.39, 0.29) is 36.4 Å². The van der Waals surface area contributed by atoms with E-state index >= 15 is 0 Å². The molecule has 2 heterocycles. The number of nitrogens with two attached hydrogens (primary N) is 1. The normalized spacial score (nSPS) is 28.8. The fourth-order valence-electron chi connectivity index (χ4n) is 4.59. The molecule has 0 spiro atoms. The maximum absolute atomic E-state index is 14.2. The molecule has 4 rings (SSSR count). The highest BCUT2D eigenvalue weighted by molar-refractivity contribution is 6.23. The number of piperidine rings is 1. The molecule has 0 radical (unpaired) electrons. The average Bonchev–Trinajstić information content (AvgIpc) is 3.21. The molecule has 1 unspecified atom stereocenters. The van der Waals surface area contributed by atoms with Crippen LogP contribution in [0, 0.1) is 5.92 Å². The molecule has 3 aliphatic rings. The van der Waals surface area contributed by atoms with Crippen LogP contribution in [-0.2, 0) is 16.1 Å². The fraction of sp³-hybridized carbons (Fsp3) is 0.524. The number of carbonyl (C=O) groups excluding carboxylic acids is 4. The van der Waals surface area contributed by atoms with Crippen molar-refractivity contribution in [3.63, 3.8) is 0 Å². The van der Waals surface area contributed by atoms with Gasteiger partial charge in [0.2, 0.25) is 11.8 Å². The molecular weight excluding hydrogens is 391 g/mol. The average molecular weight is 416 g/mol. The van der Waals surface area contributed by atoms with Gasteiger partial charge in [0, 0.05) is 19.5 Å². The number of nitrogens with zero attached hydrogens (tertiary/aromatic N) is 1. The van der Waals surface area contributed by atoms with E-state index in [1.165, 1.54) is 0 Å². The molecule has 160 valence electrons. The minimum Gasteiger partial charge on any atom is -0.328 e. The topological polar surface area (TPSA) is 122 Å². The zero-order valence-electron chi connectivity index (χ0n) is 16.6. The SMILES string of the molecule is NC[C@@]1(F)CC[C@H](CNCc2ccc3c(c2)C(=O)N(C2CCC(=O)NC2=O)C3=O)C1. The first kappa shape index (κ1) is 20.6. The molecule has 2 aliphatic heterocycles. The standard InChI is InChI=1S/C21H25FN4O4/c22-21(11-23)6-5-13(8-21)10-24-9-12-1-2-14-15(7-12)20(30)26(19(14)29)16-3-4-17(27)25-18(16)28/h1-2,7,13,16,24H,3-6,8-11,23H2,(H,25,27,28)/t13-,16?,21+/m0/s1. The molecule has 1 aliphatic carbocycles. The van der Waals surface area contributed by atoms with Gasteiger partial charge in [0.05, 0.1) is 11.1 Å². The molecule has 0 aromatic heterocycles. The smallest absolute Gasteiger partial charge is 0.262 e. The van der Waals surface area contributed by atoms with Crippen molar-refractivity contribution in [2.45, 2.75) is 50.4 Å². The van der Waals surface area contributed by atoms with Crippen molar-refractivity contribution in [2.75, 3.05) is 13.1 Å². The number of halogens is 1. The first-order valence-electron chi connectivity index (χ1n) is 10.3. The fourth-order valence-corrected chi connectivity index (χ4v) is 4.59. The van der Waals surface area contributed by atoms with Gasteiger partial charge >= 0.3 is 0 Å². The summed E-state index contributed by atoms with van der Waals surface area (Å²) in [5.74, 6) is -1.84. The van der Waals surface area contributed by atoms with Crippen molar-refractivity contribution < 1.29 is 23.6 Å². The van der Waals surface area contributed by atoms with Crippen molar-refractivity contribution >= 4 is 23.6 Å². The minimum atomic E-state index is -1.26. The lowest BCUT2D eigenvalue weighted by atomic mass is 10.0. The molecule has 1 aromatic rings. The van der Waals surface area contributed by atoms with Gasteiger partial charge in [-0.1, -0.05) is 6.07 Å². The van der Waals surface area contributed by atoms with E-state index < -0.39 is 35.3 Å². The Hall–Kier alpha value is -2.65. The summed E-state index contributed by atoms with van der Waals surface area (Å²) < 4.78 is 14.2. The largest absolute Gasteiger partial charge is 0.328 e. The zero-order chi connectivity index (χ0) is 21.5. The Bertz CT molecular complexity index is 920. The summed E-state index contributed by atoms with van der Waals surface area (Å²) in [4.78, 5) is 50.0. The summed E-state index contributed by atoms with van der Waals surface area (Å²) in [6.07, 6.45) is 1.95. The van der Waals surface area contributed by atoms with E-state index in [1.807, 2.05) is 0 Å². The van der Waals surface area contributed by atoms with Gasteiger partial charge in [0.25, 0.3) is 11.8 Å². The van der Waals surface area contributed by atoms with Gasteiger partial charge in [-0.05, 0) is 55.8 Å². The molecule has 4 N–H and O–H groups in total. The van der Waals surface area contributed by atoms with Crippen LogP contribution in [0.15, 0.2) is 18.2 Å². The molecule has 0 bridgehead atoms. The number of hydrogen-bond donors (Lipinski definition) is 3. The second-order valence-electron chi connectivity index (χ2n) is 8.42. The molecule has 3 atom stereocenters. The summed E-state index contributed by atoms with van der Waals surface area (Å²) in [6, 6.07) is 4.04. The summed E-state index contributed by atoms with van der Waals surface area (Å²) in [7, 11) is 0. The molecule has 30 heavy (non-hydrogen) atoms. The number of alkyl halides is 1. The first-order valence-corrected chi connectivity index (χ1v) is 10.3. The highest BCUT2D eigenvalue weighted by Gasteiger charge is 2.44. The quantitative estimate of drug-likeness (QED) is 0.586. The highest BCUT2D eigenvalue weighted by atomic mass is 19.1. The van der Waals surface area contributed by atoms with Crippen molar-refractivity contribution in [1.82, 2.24) is 15.5 Å². The molecule has 8 nitrogen and oxygen atoms in total. The molecule has 1 aromatic carbocycles.